The molecular formula is C31H48O. The average Bonchev–Trinajstić information content (AvgIpc) is 2.76. The first-order chi connectivity index (χ1) is 14.9. The smallest absolute Gasteiger partial charge is 0.108 e. The van der Waals surface area contributed by atoms with Crippen LogP contribution in [0.4, 0.5) is 0 Å². The van der Waals surface area contributed by atoms with Crippen molar-refractivity contribution in [1.82, 2.24) is 0 Å². The molecule has 0 saturated carbocycles. The van der Waals surface area contributed by atoms with Crippen molar-refractivity contribution in [3.05, 3.63) is 109 Å². The molecule has 178 valence electrons. The molecule has 0 aromatic carbocycles. The van der Waals surface area contributed by atoms with E-state index in [0.717, 1.165) is 46.6 Å². The highest BCUT2D eigenvalue weighted by Gasteiger charge is 2.08. The highest BCUT2D eigenvalue weighted by molar-refractivity contribution is 5.54. The molecule has 1 nitrogen and oxygen atoms in total. The molecule has 0 fully saturated rings. The zero-order valence-electron chi connectivity index (χ0n) is 21.8. The molecule has 0 aliphatic carbocycles. The van der Waals surface area contributed by atoms with Crippen molar-refractivity contribution >= 4 is 0 Å². The summed E-state index contributed by atoms with van der Waals surface area (Å²) in [6, 6.07) is 0. The first-order valence-electron chi connectivity index (χ1n) is 11.8. The van der Waals surface area contributed by atoms with Gasteiger partial charge >= 0.3 is 0 Å². The first-order valence-corrected chi connectivity index (χ1v) is 11.8. The third-order valence-corrected chi connectivity index (χ3v) is 5.31. The lowest BCUT2D eigenvalue weighted by molar-refractivity contribution is 0.435. The molecule has 0 aliphatic rings. The van der Waals surface area contributed by atoms with Crippen LogP contribution in [0.5, 0.6) is 0 Å². The van der Waals surface area contributed by atoms with Crippen molar-refractivity contribution in [1.29, 1.82) is 0 Å². The lowest BCUT2D eigenvalue weighted by Crippen LogP contribution is -2.01. The van der Waals surface area contributed by atoms with Gasteiger partial charge in [0.1, 0.15) is 5.76 Å². The van der Waals surface area contributed by atoms with Gasteiger partial charge in [0.15, 0.2) is 0 Å². The topological polar surface area (TPSA) is 20.2 Å². The van der Waals surface area contributed by atoms with Gasteiger partial charge in [0.05, 0.1) is 0 Å². The van der Waals surface area contributed by atoms with Crippen LogP contribution in [0.15, 0.2) is 109 Å². The van der Waals surface area contributed by atoms with Crippen LogP contribution in [-0.4, -0.2) is 5.11 Å². The van der Waals surface area contributed by atoms with E-state index in [-0.39, 0.29) is 5.76 Å². The van der Waals surface area contributed by atoms with Gasteiger partial charge in [-0.25, -0.2) is 0 Å². The quantitative estimate of drug-likeness (QED) is 0.212. The summed E-state index contributed by atoms with van der Waals surface area (Å²) in [5.74, 6) is 1.20. The summed E-state index contributed by atoms with van der Waals surface area (Å²) >= 11 is 0. The molecule has 2 atom stereocenters. The monoisotopic (exact) mass is 436 g/mol. The molecule has 0 aromatic heterocycles. The second-order valence-corrected chi connectivity index (χ2v) is 8.51. The van der Waals surface area contributed by atoms with E-state index in [0.29, 0.717) is 11.5 Å². The fourth-order valence-corrected chi connectivity index (χ4v) is 2.61. The van der Waals surface area contributed by atoms with E-state index >= 15 is 0 Å². The van der Waals surface area contributed by atoms with Crippen LogP contribution in [-0.2, 0) is 0 Å². The van der Waals surface area contributed by atoms with E-state index in [1.54, 1.807) is 6.08 Å². The predicted octanol–water partition coefficient (Wildman–Crippen LogP) is 10.2. The van der Waals surface area contributed by atoms with Gasteiger partial charge in [0.25, 0.3) is 0 Å². The highest BCUT2D eigenvalue weighted by Crippen LogP contribution is 2.25. The highest BCUT2D eigenvalue weighted by atomic mass is 16.3. The Labute approximate surface area is 199 Å². The van der Waals surface area contributed by atoms with E-state index in [2.05, 4.69) is 87.1 Å². The Bertz CT molecular complexity index is 751. The summed E-state index contributed by atoms with van der Waals surface area (Å²) in [6.07, 6.45) is 14.9. The number of allylic oxidation sites excluding steroid dienone is 11. The maximum absolute atomic E-state index is 9.18. The number of rotatable bonds is 14. The molecule has 0 bridgehead atoms. The lowest BCUT2D eigenvalue weighted by Gasteiger charge is -2.15. The van der Waals surface area contributed by atoms with E-state index in [9.17, 15) is 5.11 Å². The zero-order chi connectivity index (χ0) is 25.3. The Morgan fingerprint density at radius 3 is 1.75 bits per heavy atom. The van der Waals surface area contributed by atoms with E-state index in [1.165, 1.54) is 25.3 Å². The van der Waals surface area contributed by atoms with Crippen molar-refractivity contribution in [2.24, 2.45) is 11.8 Å². The number of hydrogen-bond acceptors (Lipinski definition) is 1. The first kappa shape index (κ1) is 31.6. The summed E-state index contributed by atoms with van der Waals surface area (Å²) in [5, 5.41) is 9.18. The van der Waals surface area contributed by atoms with Gasteiger partial charge in [-0.2, -0.15) is 0 Å². The molecule has 1 heteroatoms. The Kier molecular flexibility index (Phi) is 17.9. The number of hydrogen-bond donors (Lipinski definition) is 1. The maximum atomic E-state index is 9.18. The molecule has 0 amide bonds. The predicted molar refractivity (Wildman–Crippen MR) is 148 cm³/mol. The van der Waals surface area contributed by atoms with Gasteiger partial charge in [-0.3, -0.25) is 0 Å². The lowest BCUT2D eigenvalue weighted by atomic mass is 9.90. The summed E-state index contributed by atoms with van der Waals surface area (Å²) < 4.78 is 0. The molecule has 32 heavy (non-hydrogen) atoms. The minimum Gasteiger partial charge on any atom is -0.509 e. The van der Waals surface area contributed by atoms with Gasteiger partial charge in [0.2, 0.25) is 0 Å². The van der Waals surface area contributed by atoms with Gasteiger partial charge < -0.3 is 5.11 Å². The minimum atomic E-state index is -0.0137. The van der Waals surface area contributed by atoms with Crippen molar-refractivity contribution in [2.75, 3.05) is 0 Å². The molecular weight excluding hydrogens is 388 g/mol. The molecule has 0 rings (SSSR count). The Morgan fingerprint density at radius 2 is 1.28 bits per heavy atom. The number of aliphatic hydroxyl groups is 1. The molecule has 1 N–H and O–H groups in total. The molecule has 0 saturated heterocycles. The van der Waals surface area contributed by atoms with Gasteiger partial charge in [-0.05, 0) is 58.6 Å². The molecule has 0 aromatic rings. The summed E-state index contributed by atoms with van der Waals surface area (Å²) in [4.78, 5) is 0. The normalized spacial score (nSPS) is 13.2. The molecule has 0 radical (unpaired) electrons. The van der Waals surface area contributed by atoms with Crippen LogP contribution in [0.25, 0.3) is 0 Å². The third-order valence-electron chi connectivity index (χ3n) is 5.31. The SMILES string of the molecule is C=C(O)/C=C\C(=C)C(=C)/C=C(/CC)C(=C)C(=C)/C=C\C(=C)C(C)CCC(C)CC.CCC. The van der Waals surface area contributed by atoms with Crippen LogP contribution in [0.1, 0.15) is 73.6 Å². The van der Waals surface area contributed by atoms with Crippen LogP contribution in [0.3, 0.4) is 0 Å². The Balaban J connectivity index is 0. The summed E-state index contributed by atoms with van der Waals surface area (Å²) in [6.45, 7) is 37.2. The zero-order valence-corrected chi connectivity index (χ0v) is 21.8. The minimum absolute atomic E-state index is 0.0137. The van der Waals surface area contributed by atoms with Gasteiger partial charge in [-0.1, -0.05) is 130 Å². The third kappa shape index (κ3) is 14.5. The van der Waals surface area contributed by atoms with Crippen molar-refractivity contribution in [3.8, 4) is 0 Å². The largest absolute Gasteiger partial charge is 0.509 e. The fourth-order valence-electron chi connectivity index (χ4n) is 2.61. The summed E-state index contributed by atoms with van der Waals surface area (Å²) in [7, 11) is 0. The molecule has 2 unspecified atom stereocenters. The number of aliphatic hydroxyl groups excluding tert-OH is 1. The van der Waals surface area contributed by atoms with E-state index in [4.69, 9.17) is 0 Å². The van der Waals surface area contributed by atoms with E-state index in [1.807, 2.05) is 12.2 Å². The van der Waals surface area contributed by atoms with Gasteiger partial charge in [-0.15, -0.1) is 0 Å². The van der Waals surface area contributed by atoms with E-state index < -0.39 is 0 Å². The van der Waals surface area contributed by atoms with Crippen LogP contribution < -0.4 is 0 Å². The standard InChI is InChI=1S/C28H40O.C3H8/c1-11-20(3)13-14-21(4)22(5)15-16-24(7)27(10)28(12-2)19-25(8)23(6)17-18-26(9)29;1-3-2/h15-21,29H,5-14H2,1-4H3;3H2,1-2H3/b16-15-,18-17-,28-19-;. The average molecular weight is 437 g/mol. The second kappa shape index (κ2) is 18.1. The maximum Gasteiger partial charge on any atom is 0.108 e. The molecule has 0 heterocycles. The van der Waals surface area contributed by atoms with Crippen molar-refractivity contribution < 1.29 is 5.11 Å². The fraction of sp³-hybridized carbons (Fsp3) is 0.419. The van der Waals surface area contributed by atoms with Crippen molar-refractivity contribution in [2.45, 2.75) is 73.6 Å². The second-order valence-electron chi connectivity index (χ2n) is 8.51. The van der Waals surface area contributed by atoms with Crippen LogP contribution in [0, 0.1) is 11.8 Å². The van der Waals surface area contributed by atoms with Crippen molar-refractivity contribution in [3.63, 3.8) is 0 Å². The Hall–Kier alpha value is -2.54. The Morgan fingerprint density at radius 1 is 0.750 bits per heavy atom. The summed E-state index contributed by atoms with van der Waals surface area (Å²) in [5.41, 5.74) is 5.40. The molecule has 0 aliphatic heterocycles. The molecule has 0 spiro atoms. The van der Waals surface area contributed by atoms with Crippen LogP contribution >= 0.6 is 0 Å². The van der Waals surface area contributed by atoms with Gasteiger partial charge in [0, 0.05) is 0 Å². The van der Waals surface area contributed by atoms with Crippen LogP contribution in [0.2, 0.25) is 0 Å².